The van der Waals surface area contributed by atoms with Crippen LogP contribution in [-0.4, -0.2) is 21.7 Å². The first kappa shape index (κ1) is 17.5. The van der Waals surface area contributed by atoms with Gasteiger partial charge in [-0.15, -0.1) is 0 Å². The van der Waals surface area contributed by atoms with E-state index in [1.54, 1.807) is 0 Å². The molecule has 2 rings (SSSR count). The molecule has 2 aromatic rings. The fourth-order valence-electron chi connectivity index (χ4n) is 1.97. The lowest BCUT2D eigenvalue weighted by atomic mass is 10.1. The number of nitro benzene ring substituents is 2. The fourth-order valence-corrected chi connectivity index (χ4v) is 1.97. The maximum atomic E-state index is 12.0. The number of carbonyl (C=O) groups is 2. The van der Waals surface area contributed by atoms with Crippen molar-refractivity contribution in [2.24, 2.45) is 0 Å². The monoisotopic (exact) mass is 344 g/mol. The molecule has 0 spiro atoms. The van der Waals surface area contributed by atoms with Crippen LogP contribution >= 0.6 is 0 Å². The maximum absolute atomic E-state index is 12.0. The molecular formula is C15H12N4O6. The molecule has 0 atom stereocenters. The highest BCUT2D eigenvalue weighted by molar-refractivity contribution is 5.99. The van der Waals surface area contributed by atoms with Crippen LogP contribution in [0.5, 0.6) is 0 Å². The lowest BCUT2D eigenvalue weighted by Crippen LogP contribution is -2.41. The number of nitrogens with one attached hydrogen (secondary N) is 2. The van der Waals surface area contributed by atoms with Crippen LogP contribution in [0.3, 0.4) is 0 Å². The van der Waals surface area contributed by atoms with Gasteiger partial charge in [0.2, 0.25) is 0 Å². The van der Waals surface area contributed by atoms with E-state index in [9.17, 15) is 29.8 Å². The minimum absolute atomic E-state index is 0.0170. The highest BCUT2D eigenvalue weighted by Crippen LogP contribution is 2.19. The highest BCUT2D eigenvalue weighted by Gasteiger charge is 2.16. The van der Waals surface area contributed by atoms with E-state index < -0.39 is 21.7 Å². The Labute approximate surface area is 140 Å². The van der Waals surface area contributed by atoms with Crippen LogP contribution in [-0.2, 0) is 0 Å². The van der Waals surface area contributed by atoms with Crippen molar-refractivity contribution in [2.45, 2.75) is 6.92 Å². The molecule has 0 aromatic heterocycles. The summed E-state index contributed by atoms with van der Waals surface area (Å²) in [5.74, 6) is -1.53. The predicted octanol–water partition coefficient (Wildman–Crippen LogP) is 1.89. The van der Waals surface area contributed by atoms with Crippen LogP contribution < -0.4 is 10.9 Å². The number of hydrogen-bond acceptors (Lipinski definition) is 6. The second-order valence-electron chi connectivity index (χ2n) is 4.97. The standard InChI is InChI=1S/C15H12N4O6/c1-9-5-6-11(8-13(9)19(24)25)15(21)17-16-14(20)10-3-2-4-12(7-10)18(22)23/h2-8H,1H3,(H,16,20)(H,17,21). The van der Waals surface area contributed by atoms with E-state index in [2.05, 4.69) is 10.9 Å². The van der Waals surface area contributed by atoms with Gasteiger partial charge in [0.05, 0.1) is 9.85 Å². The normalized spacial score (nSPS) is 9.96. The van der Waals surface area contributed by atoms with Gasteiger partial charge in [-0.25, -0.2) is 0 Å². The molecule has 10 heteroatoms. The number of hydrazine groups is 1. The Morgan fingerprint density at radius 2 is 1.48 bits per heavy atom. The lowest BCUT2D eigenvalue weighted by molar-refractivity contribution is -0.385. The number of nitro groups is 2. The van der Waals surface area contributed by atoms with Gasteiger partial charge in [-0.2, -0.15) is 0 Å². The first-order chi connectivity index (χ1) is 11.8. The summed E-state index contributed by atoms with van der Waals surface area (Å²) in [5, 5.41) is 21.6. The molecule has 0 aliphatic heterocycles. The molecular weight excluding hydrogens is 332 g/mol. The quantitative estimate of drug-likeness (QED) is 0.640. The zero-order valence-electron chi connectivity index (χ0n) is 12.9. The van der Waals surface area contributed by atoms with Gasteiger partial charge in [0.1, 0.15) is 0 Å². The third-order valence-corrected chi connectivity index (χ3v) is 3.28. The molecule has 0 unspecified atom stereocenters. The number of amides is 2. The summed E-state index contributed by atoms with van der Waals surface area (Å²) in [6.45, 7) is 1.53. The van der Waals surface area contributed by atoms with Crippen LogP contribution in [0.4, 0.5) is 11.4 Å². The van der Waals surface area contributed by atoms with Crippen LogP contribution in [0.25, 0.3) is 0 Å². The van der Waals surface area contributed by atoms with Crippen molar-refractivity contribution in [3.8, 4) is 0 Å². The van der Waals surface area contributed by atoms with Gasteiger partial charge in [0.25, 0.3) is 23.2 Å². The van der Waals surface area contributed by atoms with Crippen LogP contribution in [0, 0.1) is 27.2 Å². The Kier molecular flexibility index (Phi) is 5.03. The predicted molar refractivity (Wildman–Crippen MR) is 85.9 cm³/mol. The molecule has 0 heterocycles. The fraction of sp³-hybridized carbons (Fsp3) is 0.0667. The van der Waals surface area contributed by atoms with Crippen molar-refractivity contribution in [2.75, 3.05) is 0 Å². The molecule has 2 N–H and O–H groups in total. The molecule has 0 aliphatic rings. The average Bonchev–Trinajstić information content (AvgIpc) is 2.59. The lowest BCUT2D eigenvalue weighted by Gasteiger charge is -2.08. The van der Waals surface area contributed by atoms with Gasteiger partial charge in [-0.05, 0) is 19.1 Å². The van der Waals surface area contributed by atoms with Crippen LogP contribution in [0.1, 0.15) is 26.3 Å². The summed E-state index contributed by atoms with van der Waals surface area (Å²) in [6.07, 6.45) is 0. The topological polar surface area (TPSA) is 144 Å². The molecule has 2 aromatic carbocycles. The van der Waals surface area contributed by atoms with E-state index in [1.165, 1.54) is 37.3 Å². The number of nitrogens with zero attached hydrogens (tertiary/aromatic N) is 2. The van der Waals surface area contributed by atoms with Crippen molar-refractivity contribution >= 4 is 23.2 Å². The Hall–Kier alpha value is -3.82. The molecule has 0 saturated carbocycles. The maximum Gasteiger partial charge on any atom is 0.273 e. The smallest absolute Gasteiger partial charge is 0.267 e. The van der Waals surface area contributed by atoms with Crippen molar-refractivity contribution in [3.05, 3.63) is 79.4 Å². The summed E-state index contributed by atoms with van der Waals surface area (Å²) in [6, 6.07) is 8.82. The van der Waals surface area contributed by atoms with Crippen molar-refractivity contribution in [3.63, 3.8) is 0 Å². The number of aryl methyl sites for hydroxylation is 1. The molecule has 0 radical (unpaired) electrons. The van der Waals surface area contributed by atoms with E-state index in [0.717, 1.165) is 12.1 Å². The van der Waals surface area contributed by atoms with Crippen molar-refractivity contribution in [1.82, 2.24) is 10.9 Å². The first-order valence-electron chi connectivity index (χ1n) is 6.90. The van der Waals surface area contributed by atoms with Gasteiger partial charge in [-0.3, -0.25) is 40.7 Å². The third-order valence-electron chi connectivity index (χ3n) is 3.28. The van der Waals surface area contributed by atoms with Gasteiger partial charge in [-0.1, -0.05) is 12.1 Å². The van der Waals surface area contributed by atoms with Crippen molar-refractivity contribution < 1.29 is 19.4 Å². The zero-order chi connectivity index (χ0) is 18.6. The van der Waals surface area contributed by atoms with Gasteiger partial charge >= 0.3 is 0 Å². The van der Waals surface area contributed by atoms with Gasteiger partial charge < -0.3 is 0 Å². The number of rotatable bonds is 4. The Balaban J connectivity index is 2.08. The molecule has 0 fully saturated rings. The van der Waals surface area contributed by atoms with Crippen molar-refractivity contribution in [1.29, 1.82) is 0 Å². The van der Waals surface area contributed by atoms with E-state index in [4.69, 9.17) is 0 Å². The molecule has 128 valence electrons. The SMILES string of the molecule is Cc1ccc(C(=O)NNC(=O)c2cccc([N+](=O)[O-])c2)cc1[N+](=O)[O-]. The minimum atomic E-state index is -0.765. The second kappa shape index (κ2) is 7.17. The number of benzene rings is 2. The Morgan fingerprint density at radius 1 is 0.880 bits per heavy atom. The molecule has 0 saturated heterocycles. The largest absolute Gasteiger partial charge is 0.273 e. The second-order valence-corrected chi connectivity index (χ2v) is 4.97. The van der Waals surface area contributed by atoms with Crippen LogP contribution in [0.2, 0.25) is 0 Å². The molecule has 0 aliphatic carbocycles. The average molecular weight is 344 g/mol. The molecule has 25 heavy (non-hydrogen) atoms. The first-order valence-corrected chi connectivity index (χ1v) is 6.90. The molecule has 10 nitrogen and oxygen atoms in total. The molecule has 0 bridgehead atoms. The number of hydrogen-bond donors (Lipinski definition) is 2. The van der Waals surface area contributed by atoms with E-state index >= 15 is 0 Å². The van der Waals surface area contributed by atoms with E-state index in [0.29, 0.717) is 5.56 Å². The van der Waals surface area contributed by atoms with E-state index in [-0.39, 0.29) is 22.5 Å². The Morgan fingerprint density at radius 3 is 2.04 bits per heavy atom. The number of carbonyl (C=O) groups excluding carboxylic acids is 2. The van der Waals surface area contributed by atoms with Crippen LogP contribution in [0.15, 0.2) is 42.5 Å². The van der Waals surface area contributed by atoms with Gasteiger partial charge in [0, 0.05) is 34.9 Å². The summed E-state index contributed by atoms with van der Waals surface area (Å²) in [5.41, 5.74) is 4.05. The summed E-state index contributed by atoms with van der Waals surface area (Å²) >= 11 is 0. The summed E-state index contributed by atoms with van der Waals surface area (Å²) in [7, 11) is 0. The Bertz CT molecular complexity index is 880. The minimum Gasteiger partial charge on any atom is -0.267 e. The van der Waals surface area contributed by atoms with E-state index in [1.807, 2.05) is 0 Å². The summed E-state index contributed by atoms with van der Waals surface area (Å²) < 4.78 is 0. The summed E-state index contributed by atoms with van der Waals surface area (Å²) in [4.78, 5) is 44.2. The number of non-ortho nitro benzene ring substituents is 1. The highest BCUT2D eigenvalue weighted by atomic mass is 16.6. The van der Waals surface area contributed by atoms with Gasteiger partial charge in [0.15, 0.2) is 0 Å². The third kappa shape index (κ3) is 4.13. The molecule has 2 amide bonds. The zero-order valence-corrected chi connectivity index (χ0v) is 12.9.